The van der Waals surface area contributed by atoms with E-state index in [0.717, 1.165) is 43.3 Å². The first-order valence-electron chi connectivity index (χ1n) is 6.72. The number of aromatic nitrogens is 2. The third-order valence-electron chi connectivity index (χ3n) is 3.51. The number of nitrogens with one attached hydrogen (secondary N) is 1. The molecule has 1 aromatic heterocycles. The van der Waals surface area contributed by atoms with Gasteiger partial charge >= 0.3 is 0 Å². The maximum Gasteiger partial charge on any atom is 0.0834 e. The van der Waals surface area contributed by atoms with Gasteiger partial charge in [-0.05, 0) is 25.8 Å². The summed E-state index contributed by atoms with van der Waals surface area (Å²) in [5, 5.41) is 8.59. The van der Waals surface area contributed by atoms with Crippen molar-refractivity contribution < 1.29 is 4.74 Å². The fourth-order valence-electron chi connectivity index (χ4n) is 2.58. The summed E-state index contributed by atoms with van der Waals surface area (Å²) in [6.45, 7) is 4.86. The van der Waals surface area contributed by atoms with E-state index in [-0.39, 0.29) is 6.04 Å². The molecule has 1 saturated heterocycles. The van der Waals surface area contributed by atoms with Crippen LogP contribution in [0.5, 0.6) is 0 Å². The van der Waals surface area contributed by atoms with E-state index >= 15 is 0 Å². The highest BCUT2D eigenvalue weighted by atomic mass is 35.5. The van der Waals surface area contributed by atoms with E-state index in [4.69, 9.17) is 16.3 Å². The van der Waals surface area contributed by atoms with Gasteiger partial charge in [0.1, 0.15) is 0 Å². The van der Waals surface area contributed by atoms with Gasteiger partial charge in [-0.3, -0.25) is 4.68 Å². The predicted molar refractivity (Wildman–Crippen MR) is 72.8 cm³/mol. The van der Waals surface area contributed by atoms with Gasteiger partial charge in [-0.1, -0.05) is 18.5 Å². The summed E-state index contributed by atoms with van der Waals surface area (Å²) in [6, 6.07) is 0.241. The molecule has 2 unspecified atom stereocenters. The quantitative estimate of drug-likeness (QED) is 0.895. The van der Waals surface area contributed by atoms with Gasteiger partial charge in [0.15, 0.2) is 0 Å². The van der Waals surface area contributed by atoms with E-state index in [2.05, 4.69) is 17.3 Å². The van der Waals surface area contributed by atoms with Crippen molar-refractivity contribution in [1.82, 2.24) is 15.1 Å². The van der Waals surface area contributed by atoms with Crippen LogP contribution in [0.25, 0.3) is 0 Å². The third-order valence-corrected chi connectivity index (χ3v) is 3.80. The molecular formula is C13H22ClN3O. The number of hydrogen-bond donors (Lipinski definition) is 1. The van der Waals surface area contributed by atoms with Gasteiger partial charge in [-0.15, -0.1) is 0 Å². The molecule has 2 rings (SSSR count). The first-order valence-corrected chi connectivity index (χ1v) is 7.10. The number of hydrogen-bond acceptors (Lipinski definition) is 3. The lowest BCUT2D eigenvalue weighted by molar-refractivity contribution is 0.0378. The van der Waals surface area contributed by atoms with E-state index in [9.17, 15) is 0 Å². The Labute approximate surface area is 114 Å². The summed E-state index contributed by atoms with van der Waals surface area (Å²) in [6.07, 6.45) is 5.15. The van der Waals surface area contributed by atoms with Crippen LogP contribution in [0, 0.1) is 5.92 Å². The van der Waals surface area contributed by atoms with Gasteiger partial charge in [0.25, 0.3) is 0 Å². The van der Waals surface area contributed by atoms with Crippen LogP contribution in [0.1, 0.15) is 37.9 Å². The van der Waals surface area contributed by atoms with Gasteiger partial charge in [0, 0.05) is 19.6 Å². The first kappa shape index (κ1) is 13.8. The van der Waals surface area contributed by atoms with E-state index in [1.54, 1.807) is 6.20 Å². The molecular weight excluding hydrogens is 250 g/mol. The number of aryl methyl sites for hydroxylation is 1. The van der Waals surface area contributed by atoms with Crippen LogP contribution >= 0.6 is 11.6 Å². The molecule has 0 aromatic carbocycles. The number of rotatable bonds is 5. The topological polar surface area (TPSA) is 39.1 Å². The molecule has 0 spiro atoms. The number of nitrogens with zero attached hydrogens (tertiary/aromatic N) is 2. The summed E-state index contributed by atoms with van der Waals surface area (Å²) in [7, 11) is 1.95. The third kappa shape index (κ3) is 3.05. The lowest BCUT2D eigenvalue weighted by atomic mass is 9.91. The van der Waals surface area contributed by atoms with Crippen LogP contribution in [0.4, 0.5) is 0 Å². The van der Waals surface area contributed by atoms with Crippen molar-refractivity contribution in [2.75, 3.05) is 19.8 Å². The SMILES string of the molecule is CCCNC(c1c(Cl)cnn1C)C1CCCOC1. The van der Waals surface area contributed by atoms with Crippen LogP contribution in [0.2, 0.25) is 5.02 Å². The summed E-state index contributed by atoms with van der Waals surface area (Å²) < 4.78 is 7.49. The Balaban J connectivity index is 2.18. The zero-order chi connectivity index (χ0) is 13.0. The number of ether oxygens (including phenoxy) is 1. The average molecular weight is 272 g/mol. The van der Waals surface area contributed by atoms with Gasteiger partial charge in [-0.25, -0.2) is 0 Å². The van der Waals surface area contributed by atoms with Crippen LogP contribution < -0.4 is 5.32 Å². The molecule has 0 saturated carbocycles. The maximum absolute atomic E-state index is 6.27. The molecule has 2 heterocycles. The molecule has 4 nitrogen and oxygen atoms in total. The Morgan fingerprint density at radius 3 is 3.06 bits per heavy atom. The lowest BCUT2D eigenvalue weighted by Crippen LogP contribution is -2.35. The van der Waals surface area contributed by atoms with Crippen molar-refractivity contribution >= 4 is 11.6 Å². The highest BCUT2D eigenvalue weighted by Crippen LogP contribution is 2.32. The molecule has 0 amide bonds. The normalized spacial score (nSPS) is 22.1. The fourth-order valence-corrected chi connectivity index (χ4v) is 2.87. The molecule has 0 aliphatic carbocycles. The second-order valence-electron chi connectivity index (χ2n) is 4.91. The van der Waals surface area contributed by atoms with Crippen LogP contribution in [-0.4, -0.2) is 29.5 Å². The van der Waals surface area contributed by atoms with Crippen molar-refractivity contribution in [3.8, 4) is 0 Å². The van der Waals surface area contributed by atoms with Gasteiger partial charge in [0.05, 0.1) is 29.6 Å². The fraction of sp³-hybridized carbons (Fsp3) is 0.769. The Hall–Kier alpha value is -0.580. The van der Waals surface area contributed by atoms with Gasteiger partial charge in [-0.2, -0.15) is 5.10 Å². The summed E-state index contributed by atoms with van der Waals surface area (Å²) >= 11 is 6.27. The molecule has 1 aromatic rings. The van der Waals surface area contributed by atoms with Gasteiger partial charge in [0.2, 0.25) is 0 Å². The summed E-state index contributed by atoms with van der Waals surface area (Å²) in [4.78, 5) is 0. The smallest absolute Gasteiger partial charge is 0.0834 e. The lowest BCUT2D eigenvalue weighted by Gasteiger charge is -2.31. The summed E-state index contributed by atoms with van der Waals surface area (Å²) in [5.74, 6) is 0.484. The minimum absolute atomic E-state index is 0.241. The first-order chi connectivity index (χ1) is 8.74. The van der Waals surface area contributed by atoms with Gasteiger partial charge < -0.3 is 10.1 Å². The van der Waals surface area contributed by atoms with Crippen LogP contribution in [-0.2, 0) is 11.8 Å². The maximum atomic E-state index is 6.27. The van der Waals surface area contributed by atoms with E-state index in [0.29, 0.717) is 5.92 Å². The minimum Gasteiger partial charge on any atom is -0.381 e. The standard InChI is InChI=1S/C13H22ClN3O/c1-3-6-15-12(10-5-4-7-18-9-10)13-11(14)8-16-17(13)2/h8,10,12,15H,3-7,9H2,1-2H3. The van der Waals surface area contributed by atoms with E-state index in [1.165, 1.54) is 6.42 Å². The predicted octanol–water partition coefficient (Wildman–Crippen LogP) is 2.54. The Bertz CT molecular complexity index is 355. The molecule has 1 N–H and O–H groups in total. The highest BCUT2D eigenvalue weighted by molar-refractivity contribution is 6.31. The van der Waals surface area contributed by atoms with E-state index < -0.39 is 0 Å². The van der Waals surface area contributed by atoms with Crippen molar-refractivity contribution in [3.05, 3.63) is 16.9 Å². The largest absolute Gasteiger partial charge is 0.381 e. The molecule has 0 radical (unpaired) electrons. The monoisotopic (exact) mass is 271 g/mol. The van der Waals surface area contributed by atoms with Crippen LogP contribution in [0.3, 0.4) is 0 Å². The average Bonchev–Trinajstić information content (AvgIpc) is 2.72. The Morgan fingerprint density at radius 2 is 2.50 bits per heavy atom. The van der Waals surface area contributed by atoms with Crippen molar-refractivity contribution in [2.45, 2.75) is 32.2 Å². The minimum atomic E-state index is 0.241. The molecule has 18 heavy (non-hydrogen) atoms. The van der Waals surface area contributed by atoms with Crippen LogP contribution in [0.15, 0.2) is 6.20 Å². The van der Waals surface area contributed by atoms with Crippen molar-refractivity contribution in [1.29, 1.82) is 0 Å². The molecule has 2 atom stereocenters. The molecule has 5 heteroatoms. The van der Waals surface area contributed by atoms with Crippen molar-refractivity contribution in [2.24, 2.45) is 13.0 Å². The highest BCUT2D eigenvalue weighted by Gasteiger charge is 2.29. The molecule has 1 aliphatic heterocycles. The molecule has 1 aliphatic rings. The zero-order valence-corrected chi connectivity index (χ0v) is 11.9. The molecule has 0 bridgehead atoms. The second kappa shape index (κ2) is 6.55. The zero-order valence-electron chi connectivity index (χ0n) is 11.2. The van der Waals surface area contributed by atoms with Crippen molar-refractivity contribution in [3.63, 3.8) is 0 Å². The second-order valence-corrected chi connectivity index (χ2v) is 5.32. The van der Waals surface area contributed by atoms with E-state index in [1.807, 2.05) is 11.7 Å². The Morgan fingerprint density at radius 1 is 1.67 bits per heavy atom. The summed E-state index contributed by atoms with van der Waals surface area (Å²) in [5.41, 5.74) is 1.08. The molecule has 1 fully saturated rings. The number of halogens is 1. The molecule has 102 valence electrons. The Kier molecular flexibility index (Phi) is 5.03.